The molecule has 0 aliphatic carbocycles. The van der Waals surface area contributed by atoms with Crippen molar-refractivity contribution >= 4 is 23.5 Å². The molecule has 1 heterocycles. The van der Waals surface area contributed by atoms with E-state index in [9.17, 15) is 24.0 Å². The molecule has 1 atom stereocenters. The third-order valence-corrected chi connectivity index (χ3v) is 3.24. The third kappa shape index (κ3) is 8.27. The Hall–Kier alpha value is -2.91. The third-order valence-electron chi connectivity index (χ3n) is 3.24. The number of nitrogens with one attached hydrogen (secondary N) is 4. The highest BCUT2D eigenvalue weighted by molar-refractivity contribution is 5.92. The van der Waals surface area contributed by atoms with E-state index in [4.69, 9.17) is 0 Å². The number of H-pyrrole nitrogens is 1. The van der Waals surface area contributed by atoms with Crippen LogP contribution in [0.3, 0.4) is 0 Å². The van der Waals surface area contributed by atoms with Gasteiger partial charge in [-0.1, -0.05) is 13.8 Å². The van der Waals surface area contributed by atoms with Crippen molar-refractivity contribution in [3.8, 4) is 0 Å². The quantitative estimate of drug-likeness (QED) is 0.410. The minimum Gasteiger partial charge on any atom is -0.347 e. The molecule has 1 aromatic rings. The van der Waals surface area contributed by atoms with Crippen LogP contribution in [0.25, 0.3) is 0 Å². The van der Waals surface area contributed by atoms with Gasteiger partial charge in [-0.2, -0.15) is 0 Å². The van der Waals surface area contributed by atoms with Crippen LogP contribution in [0.15, 0.2) is 15.4 Å². The molecule has 1 rings (SSSR count). The predicted molar refractivity (Wildman–Crippen MR) is 91.1 cm³/mol. The van der Waals surface area contributed by atoms with E-state index in [1.54, 1.807) is 0 Å². The van der Waals surface area contributed by atoms with Gasteiger partial charge in [-0.3, -0.25) is 19.2 Å². The summed E-state index contributed by atoms with van der Waals surface area (Å²) in [5, 5.41) is 9.67. The van der Waals surface area contributed by atoms with Crippen LogP contribution in [0.5, 0.6) is 0 Å². The number of aromatic nitrogens is 1. The Morgan fingerprint density at radius 3 is 2.35 bits per heavy atom. The fraction of sp³-hybridized carbons (Fsp3) is 0.562. The van der Waals surface area contributed by atoms with Crippen molar-refractivity contribution in [3.05, 3.63) is 22.2 Å². The van der Waals surface area contributed by atoms with Crippen LogP contribution in [0.2, 0.25) is 0 Å². The molecule has 1 aromatic heterocycles. The fourth-order valence-electron chi connectivity index (χ4n) is 2.10. The van der Waals surface area contributed by atoms with Crippen LogP contribution in [0.4, 0.5) is 0 Å². The molecule has 0 radical (unpaired) electrons. The van der Waals surface area contributed by atoms with Crippen molar-refractivity contribution < 1.29 is 23.7 Å². The van der Waals surface area contributed by atoms with Crippen molar-refractivity contribution in [2.75, 3.05) is 13.1 Å². The van der Waals surface area contributed by atoms with Gasteiger partial charge in [0.15, 0.2) is 0 Å². The van der Waals surface area contributed by atoms with Crippen molar-refractivity contribution in [2.45, 2.75) is 39.7 Å². The highest BCUT2D eigenvalue weighted by Crippen LogP contribution is 2.05. The molecule has 0 aliphatic rings. The number of hydrogen-bond acceptors (Lipinski definition) is 6. The van der Waals surface area contributed by atoms with Gasteiger partial charge in [0.05, 0.1) is 25.2 Å². The first kappa shape index (κ1) is 21.1. The number of amides is 3. The van der Waals surface area contributed by atoms with Crippen molar-refractivity contribution in [2.24, 2.45) is 5.92 Å². The maximum atomic E-state index is 12.1. The largest absolute Gasteiger partial charge is 0.357 e. The average Bonchev–Trinajstić information content (AvgIpc) is 2.94. The number of hydrogen-bond donors (Lipinski definition) is 4. The Morgan fingerprint density at radius 2 is 1.81 bits per heavy atom. The molecule has 0 spiro atoms. The van der Waals surface area contributed by atoms with Crippen LogP contribution in [-0.4, -0.2) is 47.8 Å². The lowest BCUT2D eigenvalue weighted by molar-refractivity contribution is -0.130. The Kier molecular flexibility index (Phi) is 8.26. The van der Waals surface area contributed by atoms with E-state index in [1.807, 2.05) is 13.8 Å². The zero-order valence-electron chi connectivity index (χ0n) is 15.0. The van der Waals surface area contributed by atoms with E-state index in [0.29, 0.717) is 6.42 Å². The first-order valence-electron chi connectivity index (χ1n) is 8.18. The standard InChI is InChI=1S/C16H24N4O6/c1-9(2)4-12(16(25)18-7-10(3)21)19-14(23)8-17-13(22)5-11-6-15(24)26-20-11/h6,9,12,20H,4-5,7-8H2,1-3H3,(H,17,22)(H,18,25)(H,19,23). The second-order valence-corrected chi connectivity index (χ2v) is 6.32. The molecule has 4 N–H and O–H groups in total. The van der Waals surface area contributed by atoms with Crippen LogP contribution in [0.1, 0.15) is 32.9 Å². The number of rotatable bonds is 10. The van der Waals surface area contributed by atoms with E-state index in [2.05, 4.69) is 25.6 Å². The molecule has 0 aliphatic heterocycles. The second-order valence-electron chi connectivity index (χ2n) is 6.32. The molecule has 10 heteroatoms. The van der Waals surface area contributed by atoms with E-state index in [1.165, 1.54) is 6.92 Å². The number of carbonyl (C=O) groups excluding carboxylic acids is 4. The van der Waals surface area contributed by atoms with E-state index in [-0.39, 0.29) is 36.9 Å². The summed E-state index contributed by atoms with van der Waals surface area (Å²) in [4.78, 5) is 57.6. The average molecular weight is 368 g/mol. The highest BCUT2D eigenvalue weighted by atomic mass is 16.5. The molecule has 0 saturated heterocycles. The lowest BCUT2D eigenvalue weighted by Crippen LogP contribution is -2.50. The lowest BCUT2D eigenvalue weighted by Gasteiger charge is -2.20. The van der Waals surface area contributed by atoms with Gasteiger partial charge in [-0.05, 0) is 19.3 Å². The van der Waals surface area contributed by atoms with Gasteiger partial charge in [-0.15, -0.1) is 0 Å². The van der Waals surface area contributed by atoms with Gasteiger partial charge in [0.25, 0.3) is 0 Å². The molecule has 144 valence electrons. The summed E-state index contributed by atoms with van der Waals surface area (Å²) < 4.78 is 4.44. The molecule has 0 saturated carbocycles. The second kappa shape index (κ2) is 10.2. The molecular weight excluding hydrogens is 344 g/mol. The van der Waals surface area contributed by atoms with Gasteiger partial charge >= 0.3 is 5.63 Å². The summed E-state index contributed by atoms with van der Waals surface area (Å²) in [6, 6.07) is 0.335. The SMILES string of the molecule is CC(=O)CNC(=O)C(CC(C)C)NC(=O)CNC(=O)Cc1cc(=O)o[nH]1. The summed E-state index contributed by atoms with van der Waals surface area (Å²) >= 11 is 0. The summed E-state index contributed by atoms with van der Waals surface area (Å²) in [6.45, 7) is 4.70. The number of aromatic amines is 1. The van der Waals surface area contributed by atoms with Crippen LogP contribution in [-0.2, 0) is 25.6 Å². The first-order chi connectivity index (χ1) is 12.2. The highest BCUT2D eigenvalue weighted by Gasteiger charge is 2.22. The fourth-order valence-corrected chi connectivity index (χ4v) is 2.10. The first-order valence-corrected chi connectivity index (χ1v) is 8.18. The van der Waals surface area contributed by atoms with Gasteiger partial charge in [0, 0.05) is 6.07 Å². The van der Waals surface area contributed by atoms with Gasteiger partial charge < -0.3 is 20.5 Å². The van der Waals surface area contributed by atoms with E-state index < -0.39 is 29.4 Å². The van der Waals surface area contributed by atoms with E-state index >= 15 is 0 Å². The molecule has 10 nitrogen and oxygen atoms in total. The van der Waals surface area contributed by atoms with Crippen LogP contribution >= 0.6 is 0 Å². The van der Waals surface area contributed by atoms with Gasteiger partial charge in [-0.25, -0.2) is 9.95 Å². The summed E-state index contributed by atoms with van der Waals surface area (Å²) in [6.07, 6.45) is 0.243. The smallest absolute Gasteiger partial charge is 0.347 e. The summed E-state index contributed by atoms with van der Waals surface area (Å²) in [5.41, 5.74) is -0.312. The zero-order valence-corrected chi connectivity index (χ0v) is 15.0. The molecular formula is C16H24N4O6. The van der Waals surface area contributed by atoms with Crippen molar-refractivity contribution in [1.82, 2.24) is 21.1 Å². The molecule has 3 amide bonds. The Balaban J connectivity index is 2.49. The number of carbonyl (C=O) groups is 4. The Labute approximate surface area is 150 Å². The van der Waals surface area contributed by atoms with Gasteiger partial charge in [0.1, 0.15) is 11.8 Å². The Bertz CT molecular complexity index is 706. The van der Waals surface area contributed by atoms with Gasteiger partial charge in [0.2, 0.25) is 17.7 Å². The zero-order chi connectivity index (χ0) is 19.7. The molecule has 0 fully saturated rings. The molecule has 0 bridgehead atoms. The lowest BCUT2D eigenvalue weighted by atomic mass is 10.0. The van der Waals surface area contributed by atoms with Crippen LogP contribution < -0.4 is 21.6 Å². The minimum atomic E-state index is -0.802. The maximum absolute atomic E-state index is 12.1. The number of ketones is 1. The van der Waals surface area contributed by atoms with Crippen LogP contribution in [0, 0.1) is 5.92 Å². The molecule has 1 unspecified atom stereocenters. The predicted octanol–water partition coefficient (Wildman–Crippen LogP) is -1.14. The van der Waals surface area contributed by atoms with Crippen molar-refractivity contribution in [1.29, 1.82) is 0 Å². The topological polar surface area (TPSA) is 150 Å². The Morgan fingerprint density at radius 1 is 1.12 bits per heavy atom. The normalized spacial score (nSPS) is 11.7. The molecule has 0 aromatic carbocycles. The molecule has 26 heavy (non-hydrogen) atoms. The monoisotopic (exact) mass is 368 g/mol. The maximum Gasteiger partial charge on any atom is 0.357 e. The summed E-state index contributed by atoms with van der Waals surface area (Å²) in [7, 11) is 0. The van der Waals surface area contributed by atoms with E-state index in [0.717, 1.165) is 6.07 Å². The van der Waals surface area contributed by atoms with Crippen molar-refractivity contribution in [3.63, 3.8) is 0 Å². The minimum absolute atomic E-state index is 0.108. The summed E-state index contributed by atoms with van der Waals surface area (Å²) in [5.74, 6) is -1.54. The number of Topliss-reactive ketones (excluding diaryl/α,β-unsaturated/α-hetero) is 1.